The van der Waals surface area contributed by atoms with E-state index in [1.807, 2.05) is 12.1 Å². The molecule has 0 aliphatic heterocycles. The fourth-order valence-corrected chi connectivity index (χ4v) is 2.02. The summed E-state index contributed by atoms with van der Waals surface area (Å²) in [6.07, 6.45) is 1.18. The van der Waals surface area contributed by atoms with E-state index in [1.54, 1.807) is 13.0 Å². The molecule has 1 fully saturated rings. The lowest BCUT2D eigenvalue weighted by Gasteiger charge is -2.07. The number of nitrogens with one attached hydrogen (secondary N) is 1. The van der Waals surface area contributed by atoms with Crippen molar-refractivity contribution >= 4 is 5.69 Å². The molecule has 92 valence electrons. The molecule has 1 saturated carbocycles. The highest BCUT2D eigenvalue weighted by molar-refractivity contribution is 5.42. The summed E-state index contributed by atoms with van der Waals surface area (Å²) in [7, 11) is 0. The number of nitro benzene ring substituents is 1. The number of rotatable bonds is 4. The zero-order valence-corrected chi connectivity index (χ0v) is 10.5. The summed E-state index contributed by atoms with van der Waals surface area (Å²) in [6, 6.07) is 5.97. The molecule has 4 nitrogen and oxygen atoms in total. The molecule has 1 N–H and O–H groups in total. The van der Waals surface area contributed by atoms with Crippen molar-refractivity contribution in [2.24, 2.45) is 5.41 Å². The SMILES string of the molecule is Cc1ccc(CNC2CC2(C)C)cc1[N+](=O)[O-]. The Morgan fingerprint density at radius 1 is 1.53 bits per heavy atom. The van der Waals surface area contributed by atoms with Crippen LogP contribution in [0.4, 0.5) is 5.69 Å². The smallest absolute Gasteiger partial charge is 0.272 e. The Hall–Kier alpha value is -1.42. The van der Waals surface area contributed by atoms with E-state index in [1.165, 1.54) is 6.42 Å². The van der Waals surface area contributed by atoms with E-state index in [0.29, 0.717) is 23.6 Å². The Bertz CT molecular complexity index is 455. The third kappa shape index (κ3) is 2.64. The molecule has 17 heavy (non-hydrogen) atoms. The minimum absolute atomic E-state index is 0.208. The normalized spacial score (nSPS) is 21.2. The molecule has 1 aliphatic carbocycles. The van der Waals surface area contributed by atoms with Crippen LogP contribution in [0.5, 0.6) is 0 Å². The molecule has 0 aromatic heterocycles. The molecule has 0 spiro atoms. The number of nitrogens with zero attached hydrogens (tertiary/aromatic N) is 1. The highest BCUT2D eigenvalue weighted by Crippen LogP contribution is 2.44. The lowest BCUT2D eigenvalue weighted by molar-refractivity contribution is -0.385. The van der Waals surface area contributed by atoms with E-state index in [4.69, 9.17) is 0 Å². The second-order valence-electron chi connectivity index (χ2n) is 5.50. The quantitative estimate of drug-likeness (QED) is 0.643. The molecule has 1 aliphatic rings. The van der Waals surface area contributed by atoms with Gasteiger partial charge in [0.25, 0.3) is 5.69 Å². The van der Waals surface area contributed by atoms with Gasteiger partial charge in [-0.1, -0.05) is 26.0 Å². The fourth-order valence-electron chi connectivity index (χ4n) is 2.02. The highest BCUT2D eigenvalue weighted by Gasteiger charge is 2.44. The lowest BCUT2D eigenvalue weighted by Crippen LogP contribution is -2.19. The molecule has 0 saturated heterocycles. The summed E-state index contributed by atoms with van der Waals surface area (Å²) in [4.78, 5) is 10.5. The van der Waals surface area contributed by atoms with Crippen molar-refractivity contribution in [3.63, 3.8) is 0 Å². The summed E-state index contributed by atoms with van der Waals surface area (Å²) < 4.78 is 0. The van der Waals surface area contributed by atoms with E-state index in [0.717, 1.165) is 5.56 Å². The number of hydrogen-bond acceptors (Lipinski definition) is 3. The summed E-state index contributed by atoms with van der Waals surface area (Å²) in [5.74, 6) is 0. The van der Waals surface area contributed by atoms with Crippen LogP contribution in [0, 0.1) is 22.5 Å². The van der Waals surface area contributed by atoms with Crippen LogP contribution in [0.2, 0.25) is 0 Å². The highest BCUT2D eigenvalue weighted by atomic mass is 16.6. The molecule has 0 heterocycles. The van der Waals surface area contributed by atoms with Crippen LogP contribution in [0.1, 0.15) is 31.4 Å². The van der Waals surface area contributed by atoms with Gasteiger partial charge in [-0.3, -0.25) is 10.1 Å². The van der Waals surface area contributed by atoms with Crippen LogP contribution in [-0.4, -0.2) is 11.0 Å². The Morgan fingerprint density at radius 3 is 2.71 bits per heavy atom. The first-order valence-electron chi connectivity index (χ1n) is 5.87. The minimum atomic E-state index is -0.320. The zero-order valence-electron chi connectivity index (χ0n) is 10.5. The van der Waals surface area contributed by atoms with Crippen molar-refractivity contribution < 1.29 is 4.92 Å². The Kier molecular flexibility index (Phi) is 2.91. The summed E-state index contributed by atoms with van der Waals surface area (Å²) in [6.45, 7) is 6.92. The van der Waals surface area contributed by atoms with Gasteiger partial charge >= 0.3 is 0 Å². The summed E-state index contributed by atoms with van der Waals surface area (Å²) >= 11 is 0. The first kappa shape index (κ1) is 12.0. The van der Waals surface area contributed by atoms with Crippen molar-refractivity contribution in [2.75, 3.05) is 0 Å². The minimum Gasteiger partial charge on any atom is -0.309 e. The number of aryl methyl sites for hydroxylation is 1. The average molecular weight is 234 g/mol. The Morgan fingerprint density at radius 2 is 2.18 bits per heavy atom. The molecule has 4 heteroatoms. The third-order valence-electron chi connectivity index (χ3n) is 3.54. The van der Waals surface area contributed by atoms with Crippen LogP contribution in [0.3, 0.4) is 0 Å². The van der Waals surface area contributed by atoms with Crippen LogP contribution in [-0.2, 0) is 6.54 Å². The van der Waals surface area contributed by atoms with Gasteiger partial charge in [-0.05, 0) is 24.3 Å². The first-order chi connectivity index (χ1) is 7.90. The third-order valence-corrected chi connectivity index (χ3v) is 3.54. The Labute approximate surface area is 101 Å². The van der Waals surface area contributed by atoms with Gasteiger partial charge in [0.05, 0.1) is 4.92 Å². The molecule has 1 unspecified atom stereocenters. The number of nitro groups is 1. The van der Waals surface area contributed by atoms with Gasteiger partial charge in [0, 0.05) is 24.2 Å². The van der Waals surface area contributed by atoms with Gasteiger partial charge in [-0.15, -0.1) is 0 Å². The maximum atomic E-state index is 10.8. The van der Waals surface area contributed by atoms with Crippen LogP contribution < -0.4 is 5.32 Å². The fraction of sp³-hybridized carbons (Fsp3) is 0.538. The predicted molar refractivity (Wildman–Crippen MR) is 66.9 cm³/mol. The molecule has 2 rings (SSSR count). The van der Waals surface area contributed by atoms with Crippen molar-refractivity contribution in [1.82, 2.24) is 5.32 Å². The second-order valence-corrected chi connectivity index (χ2v) is 5.50. The van der Waals surface area contributed by atoms with Gasteiger partial charge in [0.15, 0.2) is 0 Å². The van der Waals surface area contributed by atoms with Crippen molar-refractivity contribution in [3.05, 3.63) is 39.4 Å². The zero-order chi connectivity index (χ0) is 12.6. The summed E-state index contributed by atoms with van der Waals surface area (Å²) in [5, 5.41) is 14.2. The molecule has 0 radical (unpaired) electrons. The van der Waals surface area contributed by atoms with Crippen molar-refractivity contribution in [3.8, 4) is 0 Å². The van der Waals surface area contributed by atoms with E-state index in [9.17, 15) is 10.1 Å². The molecule has 1 atom stereocenters. The number of benzene rings is 1. The van der Waals surface area contributed by atoms with Crippen LogP contribution in [0.15, 0.2) is 18.2 Å². The van der Waals surface area contributed by atoms with E-state index < -0.39 is 0 Å². The predicted octanol–water partition coefficient (Wildman–Crippen LogP) is 2.79. The van der Waals surface area contributed by atoms with Gasteiger partial charge in [0.2, 0.25) is 0 Å². The van der Waals surface area contributed by atoms with E-state index in [2.05, 4.69) is 19.2 Å². The molecular weight excluding hydrogens is 216 g/mol. The number of hydrogen-bond donors (Lipinski definition) is 1. The maximum absolute atomic E-state index is 10.8. The van der Waals surface area contributed by atoms with E-state index in [-0.39, 0.29) is 10.6 Å². The largest absolute Gasteiger partial charge is 0.309 e. The molecule has 0 amide bonds. The standard InChI is InChI=1S/C13H18N2O2/c1-9-4-5-10(6-11(9)15(16)17)8-14-12-7-13(12,2)3/h4-6,12,14H,7-8H2,1-3H3. The molecular formula is C13H18N2O2. The van der Waals surface area contributed by atoms with Gasteiger partial charge < -0.3 is 5.32 Å². The average Bonchev–Trinajstić information content (AvgIpc) is 2.85. The van der Waals surface area contributed by atoms with Gasteiger partial charge in [-0.2, -0.15) is 0 Å². The first-order valence-corrected chi connectivity index (χ1v) is 5.87. The van der Waals surface area contributed by atoms with Crippen LogP contribution in [0.25, 0.3) is 0 Å². The topological polar surface area (TPSA) is 55.2 Å². The van der Waals surface area contributed by atoms with Gasteiger partial charge in [-0.25, -0.2) is 0 Å². The molecule has 1 aromatic rings. The van der Waals surface area contributed by atoms with Crippen molar-refractivity contribution in [2.45, 2.75) is 39.8 Å². The molecule has 0 bridgehead atoms. The monoisotopic (exact) mass is 234 g/mol. The maximum Gasteiger partial charge on any atom is 0.272 e. The lowest BCUT2D eigenvalue weighted by atomic mass is 10.1. The van der Waals surface area contributed by atoms with Crippen LogP contribution >= 0.6 is 0 Å². The Balaban J connectivity index is 2.02. The second kappa shape index (κ2) is 4.11. The summed E-state index contributed by atoms with van der Waals surface area (Å²) in [5.41, 5.74) is 2.28. The van der Waals surface area contributed by atoms with Gasteiger partial charge in [0.1, 0.15) is 0 Å². The van der Waals surface area contributed by atoms with Crippen molar-refractivity contribution in [1.29, 1.82) is 0 Å². The molecule has 1 aromatic carbocycles. The van der Waals surface area contributed by atoms with E-state index >= 15 is 0 Å².